The van der Waals surface area contributed by atoms with Gasteiger partial charge in [0.1, 0.15) is 12.4 Å². The molecule has 0 unspecified atom stereocenters. The van der Waals surface area contributed by atoms with E-state index in [4.69, 9.17) is 4.74 Å². The Kier molecular flexibility index (Phi) is 4.03. The predicted molar refractivity (Wildman–Crippen MR) is 97.7 cm³/mol. The highest BCUT2D eigenvalue weighted by Crippen LogP contribution is 2.26. The SMILES string of the molecule is C[Si](C)(C)c1ccc(OCc2ccccc2)c2ccccc12. The van der Waals surface area contributed by atoms with Gasteiger partial charge in [0, 0.05) is 5.39 Å². The summed E-state index contributed by atoms with van der Waals surface area (Å²) in [5.74, 6) is 0.974. The van der Waals surface area contributed by atoms with Gasteiger partial charge in [0.25, 0.3) is 0 Å². The van der Waals surface area contributed by atoms with E-state index < -0.39 is 8.07 Å². The summed E-state index contributed by atoms with van der Waals surface area (Å²) < 4.78 is 6.09. The van der Waals surface area contributed by atoms with E-state index in [9.17, 15) is 0 Å². The highest BCUT2D eigenvalue weighted by atomic mass is 28.3. The van der Waals surface area contributed by atoms with Gasteiger partial charge in [-0.15, -0.1) is 0 Å². The first-order valence-corrected chi connectivity index (χ1v) is 11.2. The molecule has 0 radical (unpaired) electrons. The number of hydrogen-bond acceptors (Lipinski definition) is 1. The zero-order valence-electron chi connectivity index (χ0n) is 13.5. The van der Waals surface area contributed by atoms with Crippen molar-refractivity contribution in [3.63, 3.8) is 0 Å². The molecule has 1 nitrogen and oxygen atoms in total. The Balaban J connectivity index is 1.98. The third-order valence-corrected chi connectivity index (χ3v) is 5.98. The molecule has 2 heteroatoms. The second-order valence-electron chi connectivity index (χ2n) is 6.68. The summed E-state index contributed by atoms with van der Waals surface area (Å²) in [5, 5.41) is 4.06. The lowest BCUT2D eigenvalue weighted by molar-refractivity contribution is 0.310. The molecular weight excluding hydrogens is 284 g/mol. The van der Waals surface area contributed by atoms with Gasteiger partial charge in [0.05, 0.1) is 8.07 Å². The van der Waals surface area contributed by atoms with Crippen molar-refractivity contribution in [2.45, 2.75) is 26.2 Å². The molecule has 0 bridgehead atoms. The van der Waals surface area contributed by atoms with E-state index in [0.29, 0.717) is 6.61 Å². The molecule has 0 fully saturated rings. The lowest BCUT2D eigenvalue weighted by atomic mass is 10.1. The lowest BCUT2D eigenvalue weighted by Crippen LogP contribution is -2.38. The first-order valence-electron chi connectivity index (χ1n) is 7.75. The van der Waals surface area contributed by atoms with E-state index in [-0.39, 0.29) is 0 Å². The molecule has 0 atom stereocenters. The van der Waals surface area contributed by atoms with Crippen LogP contribution in [0.25, 0.3) is 10.8 Å². The van der Waals surface area contributed by atoms with Crippen LogP contribution in [0.5, 0.6) is 5.75 Å². The first kappa shape index (κ1) is 14.9. The standard InChI is InChI=1S/C20H22OSi/c1-22(2,3)20-14-13-19(17-11-7-8-12-18(17)20)21-15-16-9-5-4-6-10-16/h4-14H,15H2,1-3H3. The van der Waals surface area contributed by atoms with E-state index in [1.165, 1.54) is 21.5 Å². The van der Waals surface area contributed by atoms with Gasteiger partial charge in [0.15, 0.2) is 0 Å². The Bertz CT molecular complexity index is 773. The van der Waals surface area contributed by atoms with Crippen LogP contribution in [0.2, 0.25) is 19.6 Å². The molecule has 0 aliphatic heterocycles. The Morgan fingerprint density at radius 1 is 0.727 bits per heavy atom. The maximum atomic E-state index is 6.09. The van der Waals surface area contributed by atoms with Gasteiger partial charge in [-0.25, -0.2) is 0 Å². The highest BCUT2D eigenvalue weighted by molar-refractivity contribution is 6.90. The Morgan fingerprint density at radius 3 is 2.05 bits per heavy atom. The van der Waals surface area contributed by atoms with Crippen LogP contribution in [0.1, 0.15) is 5.56 Å². The van der Waals surface area contributed by atoms with Crippen molar-refractivity contribution >= 4 is 24.0 Å². The molecule has 3 aromatic rings. The number of benzene rings is 3. The molecule has 0 aromatic heterocycles. The second kappa shape index (κ2) is 5.97. The number of hydrogen-bond donors (Lipinski definition) is 0. The molecule has 3 rings (SSSR count). The number of ether oxygens (including phenoxy) is 1. The van der Waals surface area contributed by atoms with Gasteiger partial charge in [-0.05, 0) is 17.0 Å². The van der Waals surface area contributed by atoms with Crippen LogP contribution < -0.4 is 9.92 Å². The van der Waals surface area contributed by atoms with Crippen LogP contribution in [0, 0.1) is 0 Å². The van der Waals surface area contributed by atoms with Crippen molar-refractivity contribution in [3.8, 4) is 5.75 Å². The predicted octanol–water partition coefficient (Wildman–Crippen LogP) is 4.96. The largest absolute Gasteiger partial charge is 0.488 e. The van der Waals surface area contributed by atoms with Crippen LogP contribution in [-0.2, 0) is 6.61 Å². The Hall–Kier alpha value is -2.06. The molecule has 0 aliphatic carbocycles. The average Bonchev–Trinajstić information content (AvgIpc) is 2.52. The monoisotopic (exact) mass is 306 g/mol. The fourth-order valence-electron chi connectivity index (χ4n) is 2.79. The summed E-state index contributed by atoms with van der Waals surface area (Å²) in [6.45, 7) is 7.77. The lowest BCUT2D eigenvalue weighted by Gasteiger charge is -2.21. The third-order valence-electron chi connectivity index (χ3n) is 3.93. The summed E-state index contributed by atoms with van der Waals surface area (Å²) in [6.07, 6.45) is 0. The Morgan fingerprint density at radius 2 is 1.36 bits per heavy atom. The normalized spacial score (nSPS) is 11.6. The van der Waals surface area contributed by atoms with E-state index in [1.54, 1.807) is 0 Å². The van der Waals surface area contributed by atoms with Gasteiger partial charge < -0.3 is 4.74 Å². The molecule has 0 amide bonds. The van der Waals surface area contributed by atoms with Crippen molar-refractivity contribution in [2.24, 2.45) is 0 Å². The summed E-state index contributed by atoms with van der Waals surface area (Å²) in [6, 6.07) is 23.3. The van der Waals surface area contributed by atoms with Crippen LogP contribution in [0.3, 0.4) is 0 Å². The molecule has 0 heterocycles. The molecule has 3 aromatic carbocycles. The number of fused-ring (bicyclic) bond motifs is 1. The van der Waals surface area contributed by atoms with E-state index in [2.05, 4.69) is 68.2 Å². The maximum Gasteiger partial charge on any atom is 0.127 e. The van der Waals surface area contributed by atoms with Crippen LogP contribution in [-0.4, -0.2) is 8.07 Å². The smallest absolute Gasteiger partial charge is 0.127 e. The maximum absolute atomic E-state index is 6.09. The van der Waals surface area contributed by atoms with Gasteiger partial charge in [0.2, 0.25) is 0 Å². The van der Waals surface area contributed by atoms with Crippen LogP contribution in [0.15, 0.2) is 66.7 Å². The highest BCUT2D eigenvalue weighted by Gasteiger charge is 2.20. The molecule has 112 valence electrons. The minimum absolute atomic E-state index is 0.608. The summed E-state index contributed by atoms with van der Waals surface area (Å²) >= 11 is 0. The topological polar surface area (TPSA) is 9.23 Å². The summed E-state index contributed by atoms with van der Waals surface area (Å²) in [4.78, 5) is 0. The van der Waals surface area contributed by atoms with Crippen molar-refractivity contribution < 1.29 is 4.74 Å². The van der Waals surface area contributed by atoms with E-state index in [1.807, 2.05) is 18.2 Å². The second-order valence-corrected chi connectivity index (χ2v) is 11.7. The van der Waals surface area contributed by atoms with E-state index >= 15 is 0 Å². The Labute approximate surface area is 133 Å². The summed E-state index contributed by atoms with van der Waals surface area (Å²) in [5.41, 5.74) is 1.20. The quantitative estimate of drug-likeness (QED) is 0.619. The van der Waals surface area contributed by atoms with Crippen molar-refractivity contribution in [2.75, 3.05) is 0 Å². The van der Waals surface area contributed by atoms with Gasteiger partial charge >= 0.3 is 0 Å². The molecule has 0 N–H and O–H groups in total. The average molecular weight is 306 g/mol. The van der Waals surface area contributed by atoms with Gasteiger partial charge in [-0.2, -0.15) is 0 Å². The fraction of sp³-hybridized carbons (Fsp3) is 0.200. The summed E-state index contributed by atoms with van der Waals surface area (Å²) in [7, 11) is -1.36. The minimum Gasteiger partial charge on any atom is -0.488 e. The molecule has 0 saturated carbocycles. The molecule has 0 spiro atoms. The molecule has 0 saturated heterocycles. The van der Waals surface area contributed by atoms with Gasteiger partial charge in [-0.3, -0.25) is 0 Å². The zero-order chi connectivity index (χ0) is 15.6. The first-order chi connectivity index (χ1) is 10.6. The molecule has 0 aliphatic rings. The van der Waals surface area contributed by atoms with Gasteiger partial charge in [-0.1, -0.05) is 85.5 Å². The number of rotatable bonds is 4. The van der Waals surface area contributed by atoms with Crippen molar-refractivity contribution in [1.29, 1.82) is 0 Å². The van der Waals surface area contributed by atoms with Crippen LogP contribution in [0.4, 0.5) is 0 Å². The third kappa shape index (κ3) is 3.07. The van der Waals surface area contributed by atoms with Crippen molar-refractivity contribution in [1.82, 2.24) is 0 Å². The van der Waals surface area contributed by atoms with E-state index in [0.717, 1.165) is 5.75 Å². The van der Waals surface area contributed by atoms with Crippen molar-refractivity contribution in [3.05, 3.63) is 72.3 Å². The minimum atomic E-state index is -1.36. The fourth-order valence-corrected chi connectivity index (χ4v) is 4.40. The molecule has 22 heavy (non-hydrogen) atoms. The molecular formula is C20H22OSi. The van der Waals surface area contributed by atoms with Crippen LogP contribution >= 0.6 is 0 Å². The zero-order valence-corrected chi connectivity index (χ0v) is 14.5.